The van der Waals surface area contributed by atoms with Gasteiger partial charge >= 0.3 is 12.1 Å². The number of nitrogens with one attached hydrogen (secondary N) is 1. The lowest BCUT2D eigenvalue weighted by Gasteiger charge is -2.07. The largest absolute Gasteiger partial charge is 0.448 e. The predicted molar refractivity (Wildman–Crippen MR) is 97.4 cm³/mol. The molecule has 0 fully saturated rings. The number of amides is 2. The zero-order valence-electron chi connectivity index (χ0n) is 12.7. The number of hydrogen-bond acceptors (Lipinski definition) is 6. The Morgan fingerprint density at radius 1 is 1.32 bits per heavy atom. The average molecular weight is 426 g/mol. The Hall–Kier alpha value is -1.74. The van der Waals surface area contributed by atoms with E-state index in [9.17, 15) is 14.4 Å². The Bertz CT molecular complexity index is 868. The molecule has 0 saturated carbocycles. The van der Waals surface area contributed by atoms with E-state index in [0.717, 1.165) is 11.3 Å². The third-order valence-corrected chi connectivity index (χ3v) is 4.90. The minimum atomic E-state index is -0.808. The van der Waals surface area contributed by atoms with Crippen LogP contribution in [0.1, 0.15) is 17.3 Å². The normalized spacial score (nSPS) is 10.6. The molecule has 0 unspecified atom stereocenters. The third-order valence-electron chi connectivity index (χ3n) is 2.85. The molecule has 11 heteroatoms. The smallest absolute Gasteiger partial charge is 0.412 e. The number of carbonyl (C=O) groups is 3. The van der Waals surface area contributed by atoms with Gasteiger partial charge in [-0.1, -0.05) is 23.2 Å². The second-order valence-corrected chi connectivity index (χ2v) is 6.78. The van der Waals surface area contributed by atoms with Gasteiger partial charge < -0.3 is 15.2 Å². The van der Waals surface area contributed by atoms with Crippen molar-refractivity contribution in [3.05, 3.63) is 21.7 Å². The Morgan fingerprint density at radius 2 is 2.00 bits per heavy atom. The molecule has 2 amide bonds. The first-order chi connectivity index (χ1) is 11.8. The SMILES string of the molecule is CC(=O)Oc1c(Cl)cc2c(C(N)=O)c(NC(=O)OCCCl)sc2c1Cl. The molecule has 0 spiro atoms. The summed E-state index contributed by atoms with van der Waals surface area (Å²) >= 11 is 18.7. The van der Waals surface area contributed by atoms with Crippen LogP contribution in [-0.2, 0) is 9.53 Å². The molecule has 0 saturated heterocycles. The van der Waals surface area contributed by atoms with Gasteiger partial charge in [-0.25, -0.2) is 4.79 Å². The molecule has 0 aliphatic rings. The van der Waals surface area contributed by atoms with Crippen LogP contribution in [0.5, 0.6) is 5.75 Å². The monoisotopic (exact) mass is 424 g/mol. The van der Waals surface area contributed by atoms with Crippen molar-refractivity contribution in [2.24, 2.45) is 5.73 Å². The molecule has 25 heavy (non-hydrogen) atoms. The van der Waals surface area contributed by atoms with Crippen molar-refractivity contribution in [2.75, 3.05) is 17.8 Å². The van der Waals surface area contributed by atoms with Gasteiger partial charge in [0.05, 0.1) is 21.2 Å². The highest BCUT2D eigenvalue weighted by molar-refractivity contribution is 7.24. The van der Waals surface area contributed by atoms with E-state index in [-0.39, 0.29) is 38.8 Å². The molecule has 1 aromatic carbocycles. The van der Waals surface area contributed by atoms with E-state index < -0.39 is 18.0 Å². The molecule has 3 N–H and O–H groups in total. The van der Waals surface area contributed by atoms with E-state index in [1.54, 1.807) is 0 Å². The lowest BCUT2D eigenvalue weighted by atomic mass is 10.1. The van der Waals surface area contributed by atoms with Gasteiger partial charge in [0.15, 0.2) is 5.75 Å². The Morgan fingerprint density at radius 3 is 2.56 bits per heavy atom. The maximum absolute atomic E-state index is 11.8. The molecule has 0 bridgehead atoms. The van der Waals surface area contributed by atoms with Gasteiger partial charge in [-0.05, 0) is 6.07 Å². The summed E-state index contributed by atoms with van der Waals surface area (Å²) in [4.78, 5) is 34.7. The number of benzene rings is 1. The van der Waals surface area contributed by atoms with Crippen LogP contribution in [0, 0.1) is 0 Å². The lowest BCUT2D eigenvalue weighted by Crippen LogP contribution is -2.18. The minimum absolute atomic E-state index is 0.00657. The number of halogens is 3. The Kier molecular flexibility index (Phi) is 6.34. The maximum atomic E-state index is 11.8. The van der Waals surface area contributed by atoms with E-state index >= 15 is 0 Å². The number of primary amides is 1. The number of esters is 1. The Balaban J connectivity index is 2.58. The van der Waals surface area contributed by atoms with Gasteiger partial charge in [-0.3, -0.25) is 14.9 Å². The highest BCUT2D eigenvalue weighted by Crippen LogP contribution is 2.46. The maximum Gasteiger partial charge on any atom is 0.412 e. The van der Waals surface area contributed by atoms with Crippen molar-refractivity contribution < 1.29 is 23.9 Å². The quantitative estimate of drug-likeness (QED) is 0.427. The Labute approximate surface area is 160 Å². The second kappa shape index (κ2) is 8.09. The van der Waals surface area contributed by atoms with E-state index in [2.05, 4.69) is 5.32 Å². The second-order valence-electron chi connectivity index (χ2n) is 4.59. The molecule has 1 aromatic heterocycles. The van der Waals surface area contributed by atoms with Crippen molar-refractivity contribution in [2.45, 2.75) is 6.92 Å². The van der Waals surface area contributed by atoms with Gasteiger partial charge in [0, 0.05) is 12.3 Å². The fraction of sp³-hybridized carbons (Fsp3) is 0.214. The molecular weight excluding hydrogens is 415 g/mol. The fourth-order valence-corrected chi connectivity index (χ4v) is 3.80. The molecule has 0 aliphatic heterocycles. The van der Waals surface area contributed by atoms with Gasteiger partial charge in [-0.2, -0.15) is 0 Å². The zero-order valence-corrected chi connectivity index (χ0v) is 15.7. The number of nitrogens with two attached hydrogens (primary N) is 1. The topological polar surface area (TPSA) is 108 Å². The zero-order chi connectivity index (χ0) is 18.7. The van der Waals surface area contributed by atoms with E-state index in [1.807, 2.05) is 0 Å². The molecular formula is C14H11Cl3N2O5S. The summed E-state index contributed by atoms with van der Waals surface area (Å²) in [6.45, 7) is 1.19. The molecule has 0 radical (unpaired) electrons. The number of carbonyl (C=O) groups excluding carboxylic acids is 3. The first kappa shape index (κ1) is 19.6. The van der Waals surface area contributed by atoms with Crippen molar-refractivity contribution >= 4 is 79.2 Å². The van der Waals surface area contributed by atoms with Crippen LogP contribution in [0.25, 0.3) is 10.1 Å². The van der Waals surface area contributed by atoms with Crippen LogP contribution in [0.15, 0.2) is 6.07 Å². The summed E-state index contributed by atoms with van der Waals surface area (Å²) in [5.41, 5.74) is 5.42. The standard InChI is InChI=1S/C14H11Cl3N2O5S/c1-5(20)24-10-7(16)4-6-8(12(18)21)13(25-11(6)9(10)17)19-14(22)23-3-2-15/h4H,2-3H2,1H3,(H2,18,21)(H,19,22). The van der Waals surface area contributed by atoms with Crippen LogP contribution in [0.2, 0.25) is 10.0 Å². The third kappa shape index (κ3) is 4.27. The van der Waals surface area contributed by atoms with Gasteiger partial charge in [0.25, 0.3) is 5.91 Å². The van der Waals surface area contributed by atoms with Gasteiger partial charge in [0.1, 0.15) is 16.6 Å². The molecule has 134 valence electrons. The number of fused-ring (bicyclic) bond motifs is 1. The van der Waals surface area contributed by atoms with Crippen molar-refractivity contribution in [3.8, 4) is 5.75 Å². The molecule has 0 atom stereocenters. The minimum Gasteiger partial charge on any atom is -0.448 e. The molecule has 2 rings (SSSR count). The van der Waals surface area contributed by atoms with Crippen molar-refractivity contribution in [3.63, 3.8) is 0 Å². The van der Waals surface area contributed by atoms with E-state index in [4.69, 9.17) is 50.0 Å². The van der Waals surface area contributed by atoms with E-state index in [1.165, 1.54) is 13.0 Å². The van der Waals surface area contributed by atoms with Crippen molar-refractivity contribution in [1.82, 2.24) is 0 Å². The molecule has 2 aromatic rings. The van der Waals surface area contributed by atoms with Crippen molar-refractivity contribution in [1.29, 1.82) is 0 Å². The highest BCUT2D eigenvalue weighted by atomic mass is 35.5. The van der Waals surface area contributed by atoms with E-state index in [0.29, 0.717) is 10.1 Å². The number of anilines is 1. The number of ether oxygens (including phenoxy) is 2. The first-order valence-electron chi connectivity index (χ1n) is 6.68. The summed E-state index contributed by atoms with van der Waals surface area (Å²) in [6.07, 6.45) is -0.808. The number of rotatable bonds is 5. The number of hydrogen-bond donors (Lipinski definition) is 2. The van der Waals surface area contributed by atoms with Crippen LogP contribution in [0.3, 0.4) is 0 Å². The molecule has 7 nitrogen and oxygen atoms in total. The predicted octanol–water partition coefficient (Wildman–Crippen LogP) is 4.02. The summed E-state index contributed by atoms with van der Waals surface area (Å²) in [7, 11) is 0. The molecule has 1 heterocycles. The number of thiophene rings is 1. The summed E-state index contributed by atoms with van der Waals surface area (Å²) in [6, 6.07) is 1.38. The lowest BCUT2D eigenvalue weighted by molar-refractivity contribution is -0.131. The highest BCUT2D eigenvalue weighted by Gasteiger charge is 2.24. The van der Waals surface area contributed by atoms with Crippen LogP contribution in [0.4, 0.5) is 9.80 Å². The molecule has 0 aliphatic carbocycles. The van der Waals surface area contributed by atoms with Crippen LogP contribution >= 0.6 is 46.1 Å². The summed E-state index contributed by atoms with van der Waals surface area (Å²) < 4.78 is 10.2. The van der Waals surface area contributed by atoms with Crippen LogP contribution in [-0.4, -0.2) is 30.5 Å². The average Bonchev–Trinajstić information content (AvgIpc) is 2.87. The van der Waals surface area contributed by atoms with Gasteiger partial charge in [0.2, 0.25) is 0 Å². The first-order valence-corrected chi connectivity index (χ1v) is 8.79. The van der Waals surface area contributed by atoms with Gasteiger partial charge in [-0.15, -0.1) is 22.9 Å². The fourth-order valence-electron chi connectivity index (χ4n) is 1.97. The summed E-state index contributed by atoms with van der Waals surface area (Å²) in [5, 5.41) is 2.89. The van der Waals surface area contributed by atoms with Crippen LogP contribution < -0.4 is 15.8 Å². The summed E-state index contributed by atoms with van der Waals surface area (Å²) in [5.74, 6) is -1.34. The number of alkyl halides is 1.